The second-order valence-electron chi connectivity index (χ2n) is 9.39. The number of anilines is 1. The van der Waals surface area contributed by atoms with Crippen LogP contribution in [-0.2, 0) is 10.0 Å². The second-order valence-corrected chi connectivity index (χ2v) is 11.7. The summed E-state index contributed by atoms with van der Waals surface area (Å²) >= 11 is 1.60. The molecule has 0 radical (unpaired) electrons. The number of H-pyrrole nitrogens is 2. The molecular weight excluding hydrogens is 887 g/mol. The van der Waals surface area contributed by atoms with Crippen molar-refractivity contribution in [1.29, 1.82) is 0 Å². The molecule has 0 bridgehead atoms. The number of sulfonamides is 1. The Labute approximate surface area is 417 Å². The fourth-order valence-electron chi connectivity index (χ4n) is 3.23. The number of rotatable bonds is 1. The first-order valence-corrected chi connectivity index (χ1v) is 25.9. The molecule has 6 heterocycles. The predicted molar refractivity (Wildman–Crippen MR) is 300 cm³/mol. The van der Waals surface area contributed by atoms with E-state index in [-0.39, 0.29) is 4.90 Å². The lowest BCUT2D eigenvalue weighted by molar-refractivity contribution is 0.558. The molecule has 0 spiro atoms. The lowest BCUT2D eigenvalue weighted by Crippen LogP contribution is -2.11. The third-order valence-corrected chi connectivity index (χ3v) is 6.97. The molecule has 0 amide bonds. The van der Waals surface area contributed by atoms with Crippen molar-refractivity contribution in [2.45, 2.75) is 116 Å². The van der Waals surface area contributed by atoms with E-state index in [1.54, 1.807) is 72.4 Å². The number of nitrogens with zero attached hydrogens (tertiary/aromatic N) is 3. The van der Waals surface area contributed by atoms with Crippen molar-refractivity contribution in [3.05, 3.63) is 213 Å². The van der Waals surface area contributed by atoms with Gasteiger partial charge in [0.05, 0.1) is 29.1 Å². The number of fused-ring (bicyclic) bond motifs is 1. The number of furan rings is 1. The van der Waals surface area contributed by atoms with Crippen molar-refractivity contribution < 1.29 is 17.3 Å². The summed E-state index contributed by atoms with van der Waals surface area (Å²) in [5.41, 5.74) is 9.18. The van der Waals surface area contributed by atoms with E-state index in [0.29, 0.717) is 0 Å². The molecule has 0 saturated heterocycles. The third kappa shape index (κ3) is 59.5. The average molecular weight is 976 g/mol. The van der Waals surface area contributed by atoms with E-state index in [0.717, 1.165) is 5.69 Å². The summed E-state index contributed by atoms with van der Waals surface area (Å²) in [5, 5.41) is 8.04. The van der Waals surface area contributed by atoms with Gasteiger partial charge in [0.1, 0.15) is 6.26 Å². The SMILES string of the molecule is CC.CC.CC.CC.CC.CC.CC.CC.NS(=O)(=O)c1ccccc1.Nc1ccccc1.c1cc[nH]c1.c1ccc2[nH]ccc2c1.c1ccncc1.c1ccoc1.c1cocn1.c1cscn1. The van der Waals surface area contributed by atoms with E-state index in [1.807, 2.05) is 220 Å². The minimum absolute atomic E-state index is 0.148. The summed E-state index contributed by atoms with van der Waals surface area (Å²) in [6.45, 7) is 32.0. The lowest BCUT2D eigenvalue weighted by atomic mass is 10.3. The molecule has 6 N–H and O–H groups in total. The van der Waals surface area contributed by atoms with Gasteiger partial charge in [-0.3, -0.25) is 9.97 Å². The fraction of sp³-hybridized carbons (Fsp3) is 0.291. The Kier molecular flexibility index (Phi) is 80.3. The highest BCUT2D eigenvalue weighted by molar-refractivity contribution is 7.89. The van der Waals surface area contributed by atoms with Gasteiger partial charge in [-0.15, -0.1) is 11.3 Å². The van der Waals surface area contributed by atoms with Gasteiger partial charge in [-0.25, -0.2) is 18.5 Å². The summed E-state index contributed by atoms with van der Waals surface area (Å²) in [6, 6.07) is 40.9. The van der Waals surface area contributed by atoms with Crippen LogP contribution < -0.4 is 10.9 Å². The molecule has 0 atom stereocenters. The van der Waals surface area contributed by atoms with E-state index in [9.17, 15) is 8.42 Å². The second kappa shape index (κ2) is 72.1. The molecule has 0 unspecified atom stereocenters. The van der Waals surface area contributed by atoms with E-state index in [1.165, 1.54) is 35.7 Å². The van der Waals surface area contributed by atoms with Crippen LogP contribution in [0, 0.1) is 0 Å². The molecule has 0 aliphatic heterocycles. The van der Waals surface area contributed by atoms with Crippen LogP contribution in [0.3, 0.4) is 0 Å². The average Bonchev–Trinajstić information content (AvgIpc) is 4.30. The topological polar surface area (TPSA) is 183 Å². The molecular formula is C55H89N7O4S2. The maximum absolute atomic E-state index is 10.6. The molecule has 9 rings (SSSR count). The van der Waals surface area contributed by atoms with Crippen molar-refractivity contribution >= 4 is 38.0 Å². The Morgan fingerprint density at radius 3 is 1.21 bits per heavy atom. The maximum atomic E-state index is 10.6. The Morgan fingerprint density at radius 1 is 0.471 bits per heavy atom. The first-order valence-electron chi connectivity index (χ1n) is 23.4. The number of hydrogen-bond acceptors (Lipinski definition) is 9. The summed E-state index contributed by atoms with van der Waals surface area (Å²) in [7, 11) is -3.50. The highest BCUT2D eigenvalue weighted by atomic mass is 32.2. The van der Waals surface area contributed by atoms with Crippen molar-refractivity contribution in [1.82, 2.24) is 24.9 Å². The summed E-state index contributed by atoms with van der Waals surface area (Å²) in [5.74, 6) is 0. The number of thiazole rings is 1. The highest BCUT2D eigenvalue weighted by Crippen LogP contribution is 2.09. The fourth-order valence-corrected chi connectivity index (χ4v) is 4.11. The summed E-state index contributed by atoms with van der Waals surface area (Å²) in [4.78, 5) is 17.2. The van der Waals surface area contributed by atoms with Crippen LogP contribution in [0.1, 0.15) is 111 Å². The minimum atomic E-state index is -3.50. The van der Waals surface area contributed by atoms with Gasteiger partial charge in [0, 0.05) is 53.8 Å². The molecule has 0 fully saturated rings. The van der Waals surface area contributed by atoms with Crippen LogP contribution >= 0.6 is 11.3 Å². The zero-order chi connectivity index (χ0) is 53.2. The molecule has 0 aliphatic rings. The molecule has 6 aromatic heterocycles. The number of aromatic nitrogens is 5. The van der Waals surface area contributed by atoms with Crippen molar-refractivity contribution in [3.8, 4) is 0 Å². The molecule has 0 saturated carbocycles. The number of aromatic amines is 2. The van der Waals surface area contributed by atoms with Crippen LogP contribution in [0.25, 0.3) is 10.9 Å². The predicted octanol–water partition coefficient (Wildman–Crippen LogP) is 17.2. The number of nitrogens with two attached hydrogens (primary N) is 2. The number of para-hydroxylation sites is 2. The van der Waals surface area contributed by atoms with Crippen LogP contribution in [0.2, 0.25) is 0 Å². The van der Waals surface area contributed by atoms with Crippen LogP contribution in [0.15, 0.2) is 227 Å². The number of oxazole rings is 1. The normalized spacial score (nSPS) is 7.66. The molecule has 3 aromatic carbocycles. The van der Waals surface area contributed by atoms with Gasteiger partial charge in [-0.1, -0.05) is 171 Å². The molecule has 9 aromatic rings. The van der Waals surface area contributed by atoms with Gasteiger partial charge in [0.25, 0.3) is 0 Å². The number of nitrogen functional groups attached to an aromatic ring is 1. The Hall–Kier alpha value is -6.54. The van der Waals surface area contributed by atoms with Gasteiger partial charge < -0.3 is 24.5 Å². The lowest BCUT2D eigenvalue weighted by Gasteiger charge is -1.93. The zero-order valence-electron chi connectivity index (χ0n) is 44.2. The molecule has 0 aliphatic carbocycles. The largest absolute Gasteiger partial charge is 0.473 e. The number of primary sulfonamides is 1. The molecule has 13 heteroatoms. The number of nitrogens with one attached hydrogen (secondary N) is 2. The van der Waals surface area contributed by atoms with E-state index < -0.39 is 10.0 Å². The summed E-state index contributed by atoms with van der Waals surface area (Å²) in [6.07, 6.45) is 18.7. The Bertz CT molecular complexity index is 1840. The quantitative estimate of drug-likeness (QED) is 0.117. The van der Waals surface area contributed by atoms with E-state index in [2.05, 4.69) is 52.0 Å². The first-order chi connectivity index (χ1) is 33.5. The van der Waals surface area contributed by atoms with Crippen LogP contribution in [-0.4, -0.2) is 33.3 Å². The standard InChI is InChI=1S/C8H7N.C6H7NO2S.C6H7N.C5H5N.C4H5N.C4H4O.C3H3NO.C3H3NS.8C2H6/c1-2-4-8-7(3-1)5-6-9-8;7-10(8,9)6-4-2-1-3-5-6;7-6-4-2-1-3-5-6;1-2-4-6-5-3-1;2*1-2-4-5-3-1;2*1-2-5-3-4-1;8*1-2/h1-6,9H;1-5H,(H2,7,8,9);1-5H,7H2;1-5H;1-5H;1-4H;2*1-3H;8*1-2H3. The van der Waals surface area contributed by atoms with Gasteiger partial charge in [0.15, 0.2) is 6.39 Å². The Balaban J connectivity index is -0.000000121. The van der Waals surface area contributed by atoms with Gasteiger partial charge >= 0.3 is 0 Å². The number of hydrogen-bond donors (Lipinski definition) is 4. The van der Waals surface area contributed by atoms with Crippen molar-refractivity contribution in [3.63, 3.8) is 0 Å². The molecule has 11 nitrogen and oxygen atoms in total. The van der Waals surface area contributed by atoms with E-state index >= 15 is 0 Å². The van der Waals surface area contributed by atoms with Crippen molar-refractivity contribution in [2.75, 3.05) is 5.73 Å². The van der Waals surface area contributed by atoms with Gasteiger partial charge in [-0.2, -0.15) is 0 Å². The Morgan fingerprint density at radius 2 is 0.956 bits per heavy atom. The third-order valence-electron chi connectivity index (χ3n) is 5.52. The van der Waals surface area contributed by atoms with Crippen LogP contribution in [0.5, 0.6) is 0 Å². The van der Waals surface area contributed by atoms with Crippen LogP contribution in [0.4, 0.5) is 5.69 Å². The van der Waals surface area contributed by atoms with Gasteiger partial charge in [0.2, 0.25) is 10.0 Å². The summed E-state index contributed by atoms with van der Waals surface area (Å²) < 4.78 is 30.3. The smallest absolute Gasteiger partial charge is 0.238 e. The molecule has 68 heavy (non-hydrogen) atoms. The monoisotopic (exact) mass is 976 g/mol. The first kappa shape index (κ1) is 75.7. The maximum Gasteiger partial charge on any atom is 0.238 e. The van der Waals surface area contributed by atoms with Gasteiger partial charge in [-0.05, 0) is 78.2 Å². The van der Waals surface area contributed by atoms with E-state index in [4.69, 9.17) is 10.9 Å². The number of pyridine rings is 1. The number of benzene rings is 3. The minimum Gasteiger partial charge on any atom is -0.473 e. The zero-order valence-corrected chi connectivity index (χ0v) is 45.8. The van der Waals surface area contributed by atoms with Crippen molar-refractivity contribution in [2.24, 2.45) is 5.14 Å². The highest BCUT2D eigenvalue weighted by Gasteiger charge is 2.03. The molecule has 380 valence electrons.